The molecule has 0 bridgehead atoms. The van der Waals surface area contributed by atoms with Crippen molar-refractivity contribution < 1.29 is 9.53 Å². The molecule has 0 saturated carbocycles. The summed E-state index contributed by atoms with van der Waals surface area (Å²) in [6.07, 6.45) is 4.99. The molecule has 1 amide bonds. The molecular weight excluding hydrogens is 266 g/mol. The smallest absolute Gasteiger partial charge is 0.232 e. The zero-order chi connectivity index (χ0) is 14.7. The quantitative estimate of drug-likeness (QED) is 0.823. The summed E-state index contributed by atoms with van der Waals surface area (Å²) in [6.45, 7) is 7.39. The standard InChI is InChI=1S/C16H29N3O2/c1-18(8-9-19-6-3-2-4-7-19)15(20)16-12-17-11-14(16)5-10-21-13-16/h14,17H,2-13H2,1H3/t14-,16+/m1/s1. The third-order valence-electron chi connectivity index (χ3n) is 5.56. The van der Waals surface area contributed by atoms with Crippen LogP contribution in [0.25, 0.3) is 0 Å². The minimum atomic E-state index is -0.297. The van der Waals surface area contributed by atoms with E-state index in [1.165, 1.54) is 32.4 Å². The molecule has 5 nitrogen and oxygen atoms in total. The lowest BCUT2D eigenvalue weighted by Gasteiger charge is -2.40. The van der Waals surface area contributed by atoms with Gasteiger partial charge in [-0.1, -0.05) is 6.42 Å². The summed E-state index contributed by atoms with van der Waals surface area (Å²) in [7, 11) is 1.96. The van der Waals surface area contributed by atoms with E-state index in [1.54, 1.807) is 0 Å². The number of likely N-dealkylation sites (tertiary alicyclic amines) is 1. The third-order valence-corrected chi connectivity index (χ3v) is 5.56. The first-order chi connectivity index (χ1) is 10.2. The van der Waals surface area contributed by atoms with Gasteiger partial charge in [-0.2, -0.15) is 0 Å². The van der Waals surface area contributed by atoms with Crippen molar-refractivity contribution in [2.75, 3.05) is 59.5 Å². The highest BCUT2D eigenvalue weighted by atomic mass is 16.5. The van der Waals surface area contributed by atoms with Gasteiger partial charge < -0.3 is 19.9 Å². The number of hydrogen-bond donors (Lipinski definition) is 1. The van der Waals surface area contributed by atoms with E-state index in [4.69, 9.17) is 4.74 Å². The Morgan fingerprint density at radius 3 is 3.00 bits per heavy atom. The number of nitrogens with one attached hydrogen (secondary N) is 1. The predicted octanol–water partition coefficient (Wildman–Crippen LogP) is 0.557. The molecule has 21 heavy (non-hydrogen) atoms. The molecule has 0 aromatic carbocycles. The van der Waals surface area contributed by atoms with Crippen LogP contribution in [0.1, 0.15) is 25.7 Å². The number of likely N-dealkylation sites (N-methyl/N-ethyl adjacent to an activating group) is 1. The van der Waals surface area contributed by atoms with E-state index in [9.17, 15) is 4.79 Å². The number of ether oxygens (including phenoxy) is 1. The normalized spacial score (nSPS) is 33.7. The zero-order valence-electron chi connectivity index (χ0n) is 13.3. The Hall–Kier alpha value is -0.650. The van der Waals surface area contributed by atoms with E-state index >= 15 is 0 Å². The monoisotopic (exact) mass is 295 g/mol. The van der Waals surface area contributed by atoms with Gasteiger partial charge in [0.1, 0.15) is 0 Å². The van der Waals surface area contributed by atoms with E-state index in [0.29, 0.717) is 12.5 Å². The number of carbonyl (C=O) groups is 1. The van der Waals surface area contributed by atoms with Crippen molar-refractivity contribution in [2.24, 2.45) is 11.3 Å². The molecule has 2 atom stereocenters. The van der Waals surface area contributed by atoms with Crippen molar-refractivity contribution in [2.45, 2.75) is 25.7 Å². The van der Waals surface area contributed by atoms with E-state index in [0.717, 1.165) is 39.2 Å². The zero-order valence-corrected chi connectivity index (χ0v) is 13.3. The maximum Gasteiger partial charge on any atom is 0.232 e. The first kappa shape index (κ1) is 15.3. The van der Waals surface area contributed by atoms with Crippen molar-refractivity contribution in [3.63, 3.8) is 0 Å². The summed E-state index contributed by atoms with van der Waals surface area (Å²) in [4.78, 5) is 17.4. The maximum atomic E-state index is 13.0. The second-order valence-corrected chi connectivity index (χ2v) is 6.95. The van der Waals surface area contributed by atoms with Crippen LogP contribution in [0.15, 0.2) is 0 Å². The lowest BCUT2D eigenvalue weighted by atomic mass is 9.74. The van der Waals surface area contributed by atoms with Gasteiger partial charge in [-0.25, -0.2) is 0 Å². The van der Waals surface area contributed by atoms with Crippen molar-refractivity contribution in [3.8, 4) is 0 Å². The van der Waals surface area contributed by atoms with Crippen molar-refractivity contribution in [1.82, 2.24) is 15.1 Å². The molecule has 0 spiro atoms. The number of carbonyl (C=O) groups excluding carboxylic acids is 1. The van der Waals surface area contributed by atoms with E-state index in [1.807, 2.05) is 11.9 Å². The summed E-state index contributed by atoms with van der Waals surface area (Å²) in [5, 5.41) is 3.41. The van der Waals surface area contributed by atoms with Gasteiger partial charge in [0.2, 0.25) is 5.91 Å². The molecule has 0 aromatic heterocycles. The molecule has 3 aliphatic heterocycles. The highest BCUT2D eigenvalue weighted by Crippen LogP contribution is 2.39. The number of hydrogen-bond acceptors (Lipinski definition) is 4. The minimum absolute atomic E-state index is 0.286. The van der Waals surface area contributed by atoms with Crippen LogP contribution in [0.5, 0.6) is 0 Å². The second-order valence-electron chi connectivity index (χ2n) is 6.95. The summed E-state index contributed by atoms with van der Waals surface area (Å²) in [6, 6.07) is 0. The Morgan fingerprint density at radius 2 is 2.19 bits per heavy atom. The topological polar surface area (TPSA) is 44.8 Å². The van der Waals surface area contributed by atoms with Gasteiger partial charge in [0.05, 0.1) is 12.0 Å². The van der Waals surface area contributed by atoms with Gasteiger partial charge in [0, 0.05) is 33.3 Å². The maximum absolute atomic E-state index is 13.0. The van der Waals surface area contributed by atoms with Crippen LogP contribution in [0.2, 0.25) is 0 Å². The van der Waals surface area contributed by atoms with Crippen molar-refractivity contribution >= 4 is 5.91 Å². The fraction of sp³-hybridized carbons (Fsp3) is 0.938. The number of piperidine rings is 1. The summed E-state index contributed by atoms with van der Waals surface area (Å²) in [5.74, 6) is 0.741. The van der Waals surface area contributed by atoms with Crippen LogP contribution in [-0.2, 0) is 9.53 Å². The number of nitrogens with zero attached hydrogens (tertiary/aromatic N) is 2. The van der Waals surface area contributed by atoms with Gasteiger partial charge in [0.15, 0.2) is 0 Å². The van der Waals surface area contributed by atoms with Gasteiger partial charge in [-0.3, -0.25) is 4.79 Å². The molecule has 3 fully saturated rings. The van der Waals surface area contributed by atoms with E-state index < -0.39 is 0 Å². The van der Waals surface area contributed by atoms with Gasteiger partial charge in [-0.05, 0) is 44.8 Å². The molecule has 0 aromatic rings. The Bertz CT molecular complexity index is 371. The second kappa shape index (κ2) is 6.63. The van der Waals surface area contributed by atoms with Crippen molar-refractivity contribution in [1.29, 1.82) is 0 Å². The number of fused-ring (bicyclic) bond motifs is 1. The molecule has 0 radical (unpaired) electrons. The number of amides is 1. The third kappa shape index (κ3) is 3.10. The molecule has 3 aliphatic rings. The molecule has 120 valence electrons. The van der Waals surface area contributed by atoms with E-state index in [2.05, 4.69) is 10.2 Å². The van der Waals surface area contributed by atoms with Gasteiger partial charge >= 0.3 is 0 Å². The fourth-order valence-corrected chi connectivity index (χ4v) is 4.10. The summed E-state index contributed by atoms with van der Waals surface area (Å²) in [5.41, 5.74) is -0.297. The molecule has 0 aliphatic carbocycles. The summed E-state index contributed by atoms with van der Waals surface area (Å²) >= 11 is 0. The Kier molecular flexibility index (Phi) is 4.82. The average molecular weight is 295 g/mol. The van der Waals surface area contributed by atoms with Crippen LogP contribution in [-0.4, -0.2) is 75.2 Å². The Labute approximate surface area is 128 Å². The fourth-order valence-electron chi connectivity index (χ4n) is 4.10. The van der Waals surface area contributed by atoms with Gasteiger partial charge in [-0.15, -0.1) is 0 Å². The SMILES string of the molecule is CN(CCN1CCCCC1)C(=O)[C@]12CNC[C@H]1CCOC2. The molecule has 1 N–H and O–H groups in total. The highest BCUT2D eigenvalue weighted by molar-refractivity contribution is 5.84. The van der Waals surface area contributed by atoms with Crippen LogP contribution in [0.4, 0.5) is 0 Å². The first-order valence-corrected chi connectivity index (χ1v) is 8.49. The largest absolute Gasteiger partial charge is 0.380 e. The average Bonchev–Trinajstić information content (AvgIpc) is 2.98. The van der Waals surface area contributed by atoms with Crippen LogP contribution < -0.4 is 5.32 Å². The molecule has 3 saturated heterocycles. The molecule has 5 heteroatoms. The van der Waals surface area contributed by atoms with E-state index in [-0.39, 0.29) is 11.3 Å². The Morgan fingerprint density at radius 1 is 1.38 bits per heavy atom. The molecule has 0 unspecified atom stereocenters. The van der Waals surface area contributed by atoms with Gasteiger partial charge in [0.25, 0.3) is 0 Å². The van der Waals surface area contributed by atoms with Crippen molar-refractivity contribution in [3.05, 3.63) is 0 Å². The minimum Gasteiger partial charge on any atom is -0.380 e. The predicted molar refractivity (Wildman–Crippen MR) is 82.2 cm³/mol. The summed E-state index contributed by atoms with van der Waals surface area (Å²) < 4.78 is 5.65. The first-order valence-electron chi connectivity index (χ1n) is 8.49. The lowest BCUT2D eigenvalue weighted by molar-refractivity contribution is -0.151. The molecule has 3 rings (SSSR count). The van der Waals surface area contributed by atoms with Crippen LogP contribution in [0.3, 0.4) is 0 Å². The highest BCUT2D eigenvalue weighted by Gasteiger charge is 2.51. The van der Waals surface area contributed by atoms with Crippen LogP contribution >= 0.6 is 0 Å². The van der Waals surface area contributed by atoms with Crippen LogP contribution in [0, 0.1) is 11.3 Å². The molecule has 3 heterocycles. The Balaban J connectivity index is 1.55. The number of rotatable bonds is 4. The molecular formula is C16H29N3O2. The lowest BCUT2D eigenvalue weighted by Crippen LogP contribution is -2.53.